The van der Waals surface area contributed by atoms with Gasteiger partial charge in [-0.05, 0) is 37.8 Å². The molecule has 1 aliphatic rings. The number of anilines is 1. The van der Waals surface area contributed by atoms with E-state index in [9.17, 15) is 13.2 Å². The first-order valence-electron chi connectivity index (χ1n) is 6.11. The number of benzene rings is 1. The summed E-state index contributed by atoms with van der Waals surface area (Å²) in [6.45, 7) is 1.83. The van der Waals surface area contributed by atoms with Crippen molar-refractivity contribution in [2.45, 2.75) is 19.8 Å². The number of rotatable bonds is 5. The highest BCUT2D eigenvalue weighted by Crippen LogP contribution is 2.31. The second-order valence-corrected chi connectivity index (χ2v) is 6.63. The molecule has 0 radical (unpaired) electrons. The van der Waals surface area contributed by atoms with Crippen LogP contribution in [0.2, 0.25) is 0 Å². The summed E-state index contributed by atoms with van der Waals surface area (Å²) in [5.41, 5.74) is 1.38. The minimum Gasteiger partial charge on any atom is -0.465 e. The predicted molar refractivity (Wildman–Crippen MR) is 72.7 cm³/mol. The Hall–Kier alpha value is -1.56. The monoisotopic (exact) mass is 283 g/mol. The Labute approximate surface area is 113 Å². The summed E-state index contributed by atoms with van der Waals surface area (Å²) in [5.74, 6) is -0.182. The topological polar surface area (TPSA) is 72.5 Å². The first-order valence-corrected chi connectivity index (χ1v) is 7.76. The Morgan fingerprint density at radius 2 is 2.11 bits per heavy atom. The van der Waals surface area contributed by atoms with Gasteiger partial charge in [-0.25, -0.2) is 13.2 Å². The summed E-state index contributed by atoms with van der Waals surface area (Å²) < 4.78 is 31.0. The molecule has 1 saturated carbocycles. The molecular weight excluding hydrogens is 266 g/mol. The summed E-state index contributed by atoms with van der Waals surface area (Å²) >= 11 is 0. The number of methoxy groups -OCH3 is 1. The molecule has 5 nitrogen and oxygen atoms in total. The van der Waals surface area contributed by atoms with Crippen LogP contribution in [0.4, 0.5) is 5.69 Å². The van der Waals surface area contributed by atoms with Gasteiger partial charge in [0, 0.05) is 0 Å². The summed E-state index contributed by atoms with van der Waals surface area (Å²) in [7, 11) is -2.14. The highest BCUT2D eigenvalue weighted by molar-refractivity contribution is 7.92. The fourth-order valence-electron chi connectivity index (χ4n) is 1.83. The smallest absolute Gasteiger partial charge is 0.340 e. The summed E-state index contributed by atoms with van der Waals surface area (Å²) in [4.78, 5) is 11.6. The van der Waals surface area contributed by atoms with Crippen molar-refractivity contribution in [3.8, 4) is 0 Å². The van der Waals surface area contributed by atoms with Crippen molar-refractivity contribution in [3.05, 3.63) is 29.3 Å². The van der Waals surface area contributed by atoms with Gasteiger partial charge in [0.1, 0.15) is 0 Å². The minimum absolute atomic E-state index is 0.113. The third kappa shape index (κ3) is 3.70. The van der Waals surface area contributed by atoms with Crippen molar-refractivity contribution in [3.63, 3.8) is 0 Å². The van der Waals surface area contributed by atoms with Crippen LogP contribution in [0.5, 0.6) is 0 Å². The molecule has 1 aromatic rings. The van der Waals surface area contributed by atoms with Gasteiger partial charge in [0.25, 0.3) is 0 Å². The van der Waals surface area contributed by atoms with Crippen LogP contribution in [0.1, 0.15) is 28.8 Å². The van der Waals surface area contributed by atoms with Crippen LogP contribution >= 0.6 is 0 Å². The van der Waals surface area contributed by atoms with Crippen molar-refractivity contribution < 1.29 is 17.9 Å². The zero-order chi connectivity index (χ0) is 14.0. The van der Waals surface area contributed by atoms with E-state index in [1.807, 2.05) is 6.92 Å². The standard InChI is InChI=1S/C13H17NO4S/c1-9-3-6-12(11(7-9)13(15)18-2)14-19(16,17)8-10-4-5-10/h3,6-7,10,14H,4-5,8H2,1-2H3. The number of esters is 1. The maximum Gasteiger partial charge on any atom is 0.340 e. The van der Waals surface area contributed by atoms with Crippen molar-refractivity contribution in [2.75, 3.05) is 17.6 Å². The number of hydrogen-bond acceptors (Lipinski definition) is 4. The third-order valence-corrected chi connectivity index (χ3v) is 4.44. The second kappa shape index (κ2) is 5.21. The lowest BCUT2D eigenvalue weighted by atomic mass is 10.1. The Kier molecular flexibility index (Phi) is 3.80. The molecule has 0 bridgehead atoms. The van der Waals surface area contributed by atoms with E-state index in [-0.39, 0.29) is 22.9 Å². The normalized spacial score (nSPS) is 15.1. The Balaban J connectivity index is 2.25. The number of ether oxygens (including phenoxy) is 1. The average molecular weight is 283 g/mol. The van der Waals surface area contributed by atoms with Crippen molar-refractivity contribution in [1.29, 1.82) is 0 Å². The van der Waals surface area contributed by atoms with Crippen LogP contribution in [-0.4, -0.2) is 27.2 Å². The summed E-state index contributed by atoms with van der Waals surface area (Å²) in [5, 5.41) is 0. The molecule has 0 amide bonds. The maximum absolute atomic E-state index is 11.9. The van der Waals surface area contributed by atoms with Gasteiger partial charge in [-0.15, -0.1) is 0 Å². The molecule has 1 N–H and O–H groups in total. The SMILES string of the molecule is COC(=O)c1cc(C)ccc1NS(=O)(=O)CC1CC1. The lowest BCUT2D eigenvalue weighted by molar-refractivity contribution is 0.0602. The molecule has 104 valence electrons. The fraction of sp³-hybridized carbons (Fsp3) is 0.462. The fourth-order valence-corrected chi connectivity index (χ4v) is 3.38. The highest BCUT2D eigenvalue weighted by atomic mass is 32.2. The van der Waals surface area contributed by atoms with Gasteiger partial charge in [0.15, 0.2) is 0 Å². The van der Waals surface area contributed by atoms with E-state index >= 15 is 0 Å². The number of aryl methyl sites for hydroxylation is 1. The lowest BCUT2D eigenvalue weighted by Gasteiger charge is -2.12. The van der Waals surface area contributed by atoms with E-state index in [0.29, 0.717) is 0 Å². The number of sulfonamides is 1. The molecule has 0 saturated heterocycles. The van der Waals surface area contributed by atoms with Crippen LogP contribution in [0.3, 0.4) is 0 Å². The molecule has 2 rings (SSSR count). The Bertz CT molecular complexity index is 591. The van der Waals surface area contributed by atoms with Crippen LogP contribution in [-0.2, 0) is 14.8 Å². The van der Waals surface area contributed by atoms with Crippen LogP contribution < -0.4 is 4.72 Å². The zero-order valence-electron chi connectivity index (χ0n) is 11.0. The van der Waals surface area contributed by atoms with Gasteiger partial charge in [-0.3, -0.25) is 4.72 Å². The number of carbonyl (C=O) groups is 1. The summed E-state index contributed by atoms with van der Waals surface area (Å²) in [6.07, 6.45) is 1.91. The minimum atomic E-state index is -3.41. The van der Waals surface area contributed by atoms with E-state index in [0.717, 1.165) is 18.4 Å². The molecule has 1 aromatic carbocycles. The Morgan fingerprint density at radius 3 is 2.68 bits per heavy atom. The quantitative estimate of drug-likeness (QED) is 0.838. The number of nitrogens with one attached hydrogen (secondary N) is 1. The zero-order valence-corrected chi connectivity index (χ0v) is 11.8. The molecule has 1 fully saturated rings. The predicted octanol–water partition coefficient (Wildman–Crippen LogP) is 1.93. The molecule has 0 atom stereocenters. The maximum atomic E-state index is 11.9. The number of carbonyl (C=O) groups excluding carboxylic acids is 1. The Morgan fingerprint density at radius 1 is 1.42 bits per heavy atom. The van der Waals surface area contributed by atoms with Gasteiger partial charge in [0.2, 0.25) is 10.0 Å². The molecule has 0 aliphatic heterocycles. The van der Waals surface area contributed by atoms with Gasteiger partial charge in [-0.1, -0.05) is 11.6 Å². The van der Waals surface area contributed by atoms with Crippen molar-refractivity contribution in [1.82, 2.24) is 0 Å². The van der Waals surface area contributed by atoms with Gasteiger partial charge in [-0.2, -0.15) is 0 Å². The van der Waals surface area contributed by atoms with E-state index < -0.39 is 16.0 Å². The molecule has 1 aliphatic carbocycles. The van der Waals surface area contributed by atoms with Gasteiger partial charge in [0.05, 0.1) is 24.1 Å². The van der Waals surface area contributed by atoms with Crippen LogP contribution in [0, 0.1) is 12.8 Å². The van der Waals surface area contributed by atoms with E-state index in [1.54, 1.807) is 18.2 Å². The van der Waals surface area contributed by atoms with E-state index in [2.05, 4.69) is 9.46 Å². The molecule has 0 heterocycles. The average Bonchev–Trinajstić information content (AvgIpc) is 3.13. The molecule has 0 unspecified atom stereocenters. The summed E-state index contributed by atoms with van der Waals surface area (Å²) in [6, 6.07) is 4.95. The molecule has 0 aromatic heterocycles. The lowest BCUT2D eigenvalue weighted by Crippen LogP contribution is -2.20. The van der Waals surface area contributed by atoms with Crippen LogP contribution in [0.25, 0.3) is 0 Å². The van der Waals surface area contributed by atoms with Gasteiger partial charge < -0.3 is 4.74 Å². The van der Waals surface area contributed by atoms with Crippen LogP contribution in [0.15, 0.2) is 18.2 Å². The first-order chi connectivity index (χ1) is 8.91. The molecule has 0 spiro atoms. The molecule has 19 heavy (non-hydrogen) atoms. The van der Waals surface area contributed by atoms with Crippen molar-refractivity contribution in [2.24, 2.45) is 5.92 Å². The third-order valence-electron chi connectivity index (χ3n) is 3.00. The number of hydrogen-bond donors (Lipinski definition) is 1. The molecule has 6 heteroatoms. The first kappa shape index (κ1) is 13.9. The second-order valence-electron chi connectivity index (χ2n) is 4.87. The molecular formula is C13H17NO4S. The largest absolute Gasteiger partial charge is 0.465 e. The van der Waals surface area contributed by atoms with Gasteiger partial charge >= 0.3 is 5.97 Å². The van der Waals surface area contributed by atoms with E-state index in [1.165, 1.54) is 7.11 Å². The highest BCUT2D eigenvalue weighted by Gasteiger charge is 2.28. The van der Waals surface area contributed by atoms with Crippen molar-refractivity contribution >= 4 is 21.7 Å². The van der Waals surface area contributed by atoms with E-state index in [4.69, 9.17) is 0 Å².